The molecule has 1 aliphatic heterocycles. The van der Waals surface area contributed by atoms with E-state index in [1.165, 1.54) is 0 Å². The van der Waals surface area contributed by atoms with Crippen molar-refractivity contribution >= 4 is 12.4 Å². The van der Waals surface area contributed by atoms with Crippen LogP contribution < -0.4 is 5.73 Å². The summed E-state index contributed by atoms with van der Waals surface area (Å²) in [6.45, 7) is 0.794. The lowest BCUT2D eigenvalue weighted by Gasteiger charge is -2.21. The first-order chi connectivity index (χ1) is 3.80. The van der Waals surface area contributed by atoms with Crippen molar-refractivity contribution in [3.8, 4) is 0 Å². The Kier molecular flexibility index (Phi) is 4.10. The summed E-state index contributed by atoms with van der Waals surface area (Å²) in [7, 11) is 0. The molecule has 0 unspecified atom stereocenters. The topological polar surface area (TPSA) is 35.2 Å². The third-order valence-corrected chi connectivity index (χ3v) is 1.34. The van der Waals surface area contributed by atoms with Crippen LogP contribution in [-0.2, 0) is 4.74 Å². The second kappa shape index (κ2) is 4.04. The van der Waals surface area contributed by atoms with E-state index in [2.05, 4.69) is 0 Å². The van der Waals surface area contributed by atoms with Gasteiger partial charge in [0.2, 0.25) is 0 Å². The van der Waals surface area contributed by atoms with E-state index in [9.17, 15) is 4.39 Å². The maximum atomic E-state index is 12.3. The Morgan fingerprint density at radius 3 is 2.56 bits per heavy atom. The van der Waals surface area contributed by atoms with Crippen molar-refractivity contribution in [2.75, 3.05) is 13.2 Å². The van der Waals surface area contributed by atoms with Crippen LogP contribution >= 0.6 is 12.4 Å². The Morgan fingerprint density at radius 1 is 1.56 bits per heavy atom. The van der Waals surface area contributed by atoms with Crippen molar-refractivity contribution in [2.45, 2.75) is 18.6 Å². The Bertz CT molecular complexity index is 73.4. The first kappa shape index (κ1) is 9.14. The highest BCUT2D eigenvalue weighted by molar-refractivity contribution is 5.85. The molecule has 1 aliphatic rings. The van der Waals surface area contributed by atoms with Crippen molar-refractivity contribution in [1.82, 2.24) is 0 Å². The van der Waals surface area contributed by atoms with Gasteiger partial charge in [-0.15, -0.1) is 12.4 Å². The van der Waals surface area contributed by atoms with Gasteiger partial charge in [-0.05, 0) is 6.42 Å². The summed E-state index contributed by atoms with van der Waals surface area (Å²) >= 11 is 0. The van der Waals surface area contributed by atoms with E-state index in [1.807, 2.05) is 0 Å². The van der Waals surface area contributed by atoms with Crippen LogP contribution in [0.15, 0.2) is 0 Å². The predicted octanol–water partition coefficient (Wildman–Crippen LogP) is 0.494. The molecule has 1 heterocycles. The van der Waals surface area contributed by atoms with Crippen molar-refractivity contribution in [3.63, 3.8) is 0 Å². The largest absolute Gasteiger partial charge is 0.378 e. The number of halogens is 2. The molecule has 0 aliphatic carbocycles. The Labute approximate surface area is 60.0 Å². The lowest BCUT2D eigenvalue weighted by atomic mass is 10.1. The molecule has 1 saturated heterocycles. The summed E-state index contributed by atoms with van der Waals surface area (Å²) in [5.74, 6) is 0. The maximum absolute atomic E-state index is 12.3. The first-order valence-electron chi connectivity index (χ1n) is 2.78. The molecule has 0 aromatic rings. The van der Waals surface area contributed by atoms with E-state index in [4.69, 9.17) is 10.5 Å². The van der Waals surface area contributed by atoms with Crippen LogP contribution in [0.1, 0.15) is 6.42 Å². The van der Waals surface area contributed by atoms with Crippen LogP contribution in [0.2, 0.25) is 0 Å². The monoisotopic (exact) mass is 155 g/mol. The minimum Gasteiger partial charge on any atom is -0.378 e. The zero-order chi connectivity index (χ0) is 5.98. The van der Waals surface area contributed by atoms with Gasteiger partial charge in [-0.3, -0.25) is 0 Å². The second-order valence-corrected chi connectivity index (χ2v) is 2.04. The third kappa shape index (κ3) is 2.47. The van der Waals surface area contributed by atoms with Crippen LogP contribution in [0.4, 0.5) is 4.39 Å². The average molecular weight is 156 g/mol. The summed E-state index contributed by atoms with van der Waals surface area (Å²) in [6.07, 6.45) is -0.287. The lowest BCUT2D eigenvalue weighted by Crippen LogP contribution is -2.39. The molecule has 0 aromatic carbocycles. The molecule has 56 valence electrons. The number of nitrogens with two attached hydrogens (primary N) is 1. The van der Waals surface area contributed by atoms with Crippen LogP contribution in [-0.4, -0.2) is 25.4 Å². The molecule has 1 rings (SSSR count). The average Bonchev–Trinajstić information content (AvgIpc) is 1.77. The number of rotatable bonds is 0. The van der Waals surface area contributed by atoms with E-state index in [-0.39, 0.29) is 25.1 Å². The lowest BCUT2D eigenvalue weighted by molar-refractivity contribution is 0.0238. The fourth-order valence-electron chi connectivity index (χ4n) is 0.720. The SMILES string of the molecule is Cl.N[C@@H]1CCOC[C@H]1F. The van der Waals surface area contributed by atoms with E-state index in [0.29, 0.717) is 13.0 Å². The maximum Gasteiger partial charge on any atom is 0.138 e. The van der Waals surface area contributed by atoms with Crippen molar-refractivity contribution < 1.29 is 9.13 Å². The van der Waals surface area contributed by atoms with Gasteiger partial charge in [-0.25, -0.2) is 4.39 Å². The molecule has 2 atom stereocenters. The first-order valence-corrected chi connectivity index (χ1v) is 2.78. The van der Waals surface area contributed by atoms with Gasteiger partial charge in [0.1, 0.15) is 6.17 Å². The van der Waals surface area contributed by atoms with Crippen molar-refractivity contribution in [1.29, 1.82) is 0 Å². The molecule has 0 bridgehead atoms. The zero-order valence-electron chi connectivity index (χ0n) is 5.05. The molecular weight excluding hydrogens is 145 g/mol. The standard InChI is InChI=1S/C5H10FNO.ClH/c6-4-3-8-2-1-5(4)7;/h4-5H,1-3,7H2;1H/t4-,5-;/m1./s1. The second-order valence-electron chi connectivity index (χ2n) is 2.04. The number of hydrogen-bond acceptors (Lipinski definition) is 2. The fraction of sp³-hybridized carbons (Fsp3) is 1.00. The molecule has 4 heteroatoms. The van der Waals surface area contributed by atoms with E-state index < -0.39 is 6.17 Å². The van der Waals surface area contributed by atoms with Crippen LogP contribution in [0.25, 0.3) is 0 Å². The van der Waals surface area contributed by atoms with E-state index >= 15 is 0 Å². The molecule has 9 heavy (non-hydrogen) atoms. The van der Waals surface area contributed by atoms with Crippen molar-refractivity contribution in [3.05, 3.63) is 0 Å². The van der Waals surface area contributed by atoms with E-state index in [1.54, 1.807) is 0 Å². The zero-order valence-corrected chi connectivity index (χ0v) is 5.86. The summed E-state index contributed by atoms with van der Waals surface area (Å²) in [4.78, 5) is 0. The number of alkyl halides is 1. The summed E-state index contributed by atoms with van der Waals surface area (Å²) in [5.41, 5.74) is 5.32. The molecule has 2 nitrogen and oxygen atoms in total. The van der Waals surface area contributed by atoms with Gasteiger partial charge < -0.3 is 10.5 Å². The Morgan fingerprint density at radius 2 is 2.22 bits per heavy atom. The quantitative estimate of drug-likeness (QED) is 0.553. The molecule has 0 aromatic heterocycles. The van der Waals surface area contributed by atoms with Crippen LogP contribution in [0.3, 0.4) is 0 Å². The molecule has 1 fully saturated rings. The highest BCUT2D eigenvalue weighted by Crippen LogP contribution is 2.07. The number of ether oxygens (including phenoxy) is 1. The molecule has 0 saturated carbocycles. The van der Waals surface area contributed by atoms with Gasteiger partial charge in [-0.1, -0.05) is 0 Å². The predicted molar refractivity (Wildman–Crippen MR) is 35.6 cm³/mol. The van der Waals surface area contributed by atoms with Crippen molar-refractivity contribution in [2.24, 2.45) is 5.73 Å². The van der Waals surface area contributed by atoms with Gasteiger partial charge in [0, 0.05) is 12.6 Å². The van der Waals surface area contributed by atoms with Gasteiger partial charge in [0.25, 0.3) is 0 Å². The van der Waals surface area contributed by atoms with Gasteiger partial charge in [-0.2, -0.15) is 0 Å². The molecule has 0 amide bonds. The smallest absolute Gasteiger partial charge is 0.138 e. The Hall–Kier alpha value is 0.140. The molecule has 2 N–H and O–H groups in total. The van der Waals surface area contributed by atoms with Gasteiger partial charge >= 0.3 is 0 Å². The van der Waals surface area contributed by atoms with Crippen LogP contribution in [0, 0.1) is 0 Å². The minimum absolute atomic E-state index is 0. The van der Waals surface area contributed by atoms with Crippen LogP contribution in [0.5, 0.6) is 0 Å². The summed E-state index contributed by atoms with van der Waals surface area (Å²) in [5, 5.41) is 0. The molecule has 0 radical (unpaired) electrons. The highest BCUT2D eigenvalue weighted by atomic mass is 35.5. The minimum atomic E-state index is -0.941. The summed E-state index contributed by atoms with van der Waals surface area (Å²) < 4.78 is 17.1. The van der Waals surface area contributed by atoms with E-state index in [0.717, 1.165) is 0 Å². The Balaban J connectivity index is 0.000000640. The molecule has 0 spiro atoms. The summed E-state index contributed by atoms with van der Waals surface area (Å²) in [6, 6.07) is -0.288. The van der Waals surface area contributed by atoms with Gasteiger partial charge in [0.05, 0.1) is 6.61 Å². The number of hydrogen-bond donors (Lipinski definition) is 1. The highest BCUT2D eigenvalue weighted by Gasteiger charge is 2.20. The van der Waals surface area contributed by atoms with Gasteiger partial charge in [0.15, 0.2) is 0 Å². The third-order valence-electron chi connectivity index (χ3n) is 1.34. The normalized spacial score (nSPS) is 35.3. The fourth-order valence-corrected chi connectivity index (χ4v) is 0.720. The molecular formula is C5H11ClFNO.